The Bertz CT molecular complexity index is 540. The summed E-state index contributed by atoms with van der Waals surface area (Å²) in [4.78, 5) is 0. The highest BCUT2D eigenvalue weighted by Crippen LogP contribution is 2.18. The summed E-state index contributed by atoms with van der Waals surface area (Å²) in [5.41, 5.74) is 1.26. The first-order chi connectivity index (χ1) is 8.16. The maximum Gasteiger partial charge on any atom is 0.131 e. The van der Waals surface area contributed by atoms with Crippen LogP contribution in [-0.4, -0.2) is 5.84 Å². The summed E-state index contributed by atoms with van der Waals surface area (Å²) in [7, 11) is 0. The van der Waals surface area contributed by atoms with Crippen LogP contribution in [0.15, 0.2) is 48.5 Å². The van der Waals surface area contributed by atoms with Gasteiger partial charge < -0.3 is 5.32 Å². The Kier molecular flexibility index (Phi) is 3.40. The van der Waals surface area contributed by atoms with Gasteiger partial charge in [0, 0.05) is 11.3 Å². The molecule has 2 N–H and O–H groups in total. The number of rotatable bonds is 2. The Morgan fingerprint density at radius 3 is 2.47 bits per heavy atom. The van der Waals surface area contributed by atoms with Gasteiger partial charge in [-0.1, -0.05) is 29.8 Å². The molecule has 0 fully saturated rings. The minimum atomic E-state index is -0.411. The second kappa shape index (κ2) is 4.97. The van der Waals surface area contributed by atoms with Crippen LogP contribution in [0.3, 0.4) is 0 Å². The molecule has 2 aromatic carbocycles. The molecule has 0 aliphatic rings. The quantitative estimate of drug-likeness (QED) is 0.613. The van der Waals surface area contributed by atoms with Crippen LogP contribution in [0.25, 0.3) is 0 Å². The molecule has 0 heterocycles. The summed E-state index contributed by atoms with van der Waals surface area (Å²) in [6, 6.07) is 13.2. The summed E-state index contributed by atoms with van der Waals surface area (Å²) >= 11 is 5.87. The molecule has 0 radical (unpaired) electrons. The Hall–Kier alpha value is -1.87. The molecule has 17 heavy (non-hydrogen) atoms. The molecule has 0 bridgehead atoms. The molecule has 2 aromatic rings. The molecular formula is C13H10ClFN2. The van der Waals surface area contributed by atoms with Crippen molar-refractivity contribution in [3.63, 3.8) is 0 Å². The third-order valence-corrected chi connectivity index (χ3v) is 2.56. The first-order valence-electron chi connectivity index (χ1n) is 5.03. The SMILES string of the molecule is N=C(Nc1ccccc1)c1ccc(F)cc1Cl. The average Bonchev–Trinajstić information content (AvgIpc) is 2.30. The molecule has 2 nitrogen and oxygen atoms in total. The van der Waals surface area contributed by atoms with Crippen molar-refractivity contribution in [1.82, 2.24) is 0 Å². The normalized spacial score (nSPS) is 10.0. The van der Waals surface area contributed by atoms with Gasteiger partial charge in [0.05, 0.1) is 5.02 Å². The molecule has 0 unspecified atom stereocenters. The van der Waals surface area contributed by atoms with Gasteiger partial charge >= 0.3 is 0 Å². The lowest BCUT2D eigenvalue weighted by atomic mass is 10.2. The minimum Gasteiger partial charge on any atom is -0.340 e. The maximum absolute atomic E-state index is 12.9. The first-order valence-corrected chi connectivity index (χ1v) is 5.40. The molecule has 0 aromatic heterocycles. The number of benzene rings is 2. The Balaban J connectivity index is 2.21. The average molecular weight is 249 g/mol. The monoisotopic (exact) mass is 248 g/mol. The van der Waals surface area contributed by atoms with Crippen LogP contribution in [0.4, 0.5) is 10.1 Å². The molecule has 4 heteroatoms. The molecule has 2 rings (SSSR count). The van der Waals surface area contributed by atoms with E-state index < -0.39 is 5.82 Å². The van der Waals surface area contributed by atoms with Crippen molar-refractivity contribution in [2.24, 2.45) is 0 Å². The number of halogens is 2. The molecule has 0 aliphatic carbocycles. The minimum absolute atomic E-state index is 0.140. The smallest absolute Gasteiger partial charge is 0.131 e. The van der Waals surface area contributed by atoms with Crippen LogP contribution in [-0.2, 0) is 0 Å². The number of anilines is 1. The number of amidine groups is 1. The van der Waals surface area contributed by atoms with Gasteiger partial charge in [-0.2, -0.15) is 0 Å². The predicted molar refractivity (Wildman–Crippen MR) is 68.3 cm³/mol. The van der Waals surface area contributed by atoms with Crippen molar-refractivity contribution in [1.29, 1.82) is 5.41 Å². The fourth-order valence-electron chi connectivity index (χ4n) is 1.43. The summed E-state index contributed by atoms with van der Waals surface area (Å²) < 4.78 is 12.9. The summed E-state index contributed by atoms with van der Waals surface area (Å²) in [6.45, 7) is 0. The highest BCUT2D eigenvalue weighted by molar-refractivity contribution is 6.34. The van der Waals surface area contributed by atoms with Crippen molar-refractivity contribution in [3.05, 3.63) is 64.9 Å². The van der Waals surface area contributed by atoms with Crippen molar-refractivity contribution >= 4 is 23.1 Å². The zero-order valence-electron chi connectivity index (χ0n) is 8.87. The second-order valence-corrected chi connectivity index (χ2v) is 3.90. The molecule has 0 amide bonds. The van der Waals surface area contributed by atoms with Crippen LogP contribution in [0.1, 0.15) is 5.56 Å². The summed E-state index contributed by atoms with van der Waals surface area (Å²) in [6.07, 6.45) is 0. The molecule has 0 saturated carbocycles. The van der Waals surface area contributed by atoms with Crippen molar-refractivity contribution in [2.75, 3.05) is 5.32 Å². The fourth-order valence-corrected chi connectivity index (χ4v) is 1.69. The molecule has 0 spiro atoms. The van der Waals surface area contributed by atoms with E-state index in [0.29, 0.717) is 5.56 Å². The second-order valence-electron chi connectivity index (χ2n) is 3.49. The molecule has 0 aliphatic heterocycles. The summed E-state index contributed by atoms with van der Waals surface area (Å²) in [5.74, 6) is -0.271. The topological polar surface area (TPSA) is 35.9 Å². The molecule has 86 valence electrons. The lowest BCUT2D eigenvalue weighted by Gasteiger charge is -2.09. The first kappa shape index (κ1) is 11.6. The van der Waals surface area contributed by atoms with E-state index in [2.05, 4.69) is 5.32 Å². The van der Waals surface area contributed by atoms with Crippen molar-refractivity contribution in [3.8, 4) is 0 Å². The van der Waals surface area contributed by atoms with E-state index >= 15 is 0 Å². The van der Waals surface area contributed by atoms with Crippen LogP contribution in [0.2, 0.25) is 5.02 Å². The highest BCUT2D eigenvalue weighted by atomic mass is 35.5. The van der Waals surface area contributed by atoms with Gasteiger partial charge in [0.25, 0.3) is 0 Å². The van der Waals surface area contributed by atoms with Gasteiger partial charge in [0.1, 0.15) is 11.7 Å². The van der Waals surface area contributed by atoms with E-state index in [9.17, 15) is 4.39 Å². The van der Waals surface area contributed by atoms with E-state index in [1.165, 1.54) is 18.2 Å². The number of hydrogen-bond acceptors (Lipinski definition) is 1. The third-order valence-electron chi connectivity index (χ3n) is 2.24. The van der Waals surface area contributed by atoms with Gasteiger partial charge in [-0.3, -0.25) is 5.41 Å². The number of hydrogen-bond donors (Lipinski definition) is 2. The van der Waals surface area contributed by atoms with E-state index in [1.807, 2.05) is 30.3 Å². The fraction of sp³-hybridized carbons (Fsp3) is 0. The Morgan fingerprint density at radius 1 is 1.12 bits per heavy atom. The van der Waals surface area contributed by atoms with E-state index in [4.69, 9.17) is 17.0 Å². The van der Waals surface area contributed by atoms with Crippen LogP contribution >= 0.6 is 11.6 Å². The van der Waals surface area contributed by atoms with Gasteiger partial charge in [0.15, 0.2) is 0 Å². The zero-order valence-corrected chi connectivity index (χ0v) is 9.63. The van der Waals surface area contributed by atoms with Crippen LogP contribution in [0.5, 0.6) is 0 Å². The van der Waals surface area contributed by atoms with Crippen molar-refractivity contribution < 1.29 is 4.39 Å². The number of nitrogens with one attached hydrogen (secondary N) is 2. The molecule has 0 saturated heterocycles. The standard InChI is InChI=1S/C13H10ClFN2/c14-12-8-9(15)6-7-11(12)13(16)17-10-4-2-1-3-5-10/h1-8H,(H2,16,17). The maximum atomic E-state index is 12.9. The van der Waals surface area contributed by atoms with E-state index in [1.54, 1.807) is 0 Å². The lowest BCUT2D eigenvalue weighted by Crippen LogP contribution is -2.12. The lowest BCUT2D eigenvalue weighted by molar-refractivity contribution is 0.628. The third kappa shape index (κ3) is 2.82. The van der Waals surface area contributed by atoms with Crippen LogP contribution in [0, 0.1) is 11.2 Å². The largest absolute Gasteiger partial charge is 0.340 e. The molecular weight excluding hydrogens is 239 g/mol. The summed E-state index contributed by atoms with van der Waals surface area (Å²) in [5, 5.41) is 11.0. The zero-order chi connectivity index (χ0) is 12.3. The predicted octanol–water partition coefficient (Wildman–Crippen LogP) is 3.92. The van der Waals surface area contributed by atoms with Gasteiger partial charge in [-0.15, -0.1) is 0 Å². The molecule has 0 atom stereocenters. The van der Waals surface area contributed by atoms with Crippen molar-refractivity contribution in [2.45, 2.75) is 0 Å². The Morgan fingerprint density at radius 2 is 1.82 bits per heavy atom. The van der Waals surface area contributed by atoms with E-state index in [-0.39, 0.29) is 10.9 Å². The van der Waals surface area contributed by atoms with Gasteiger partial charge in [-0.05, 0) is 30.3 Å². The number of para-hydroxylation sites is 1. The van der Waals surface area contributed by atoms with Gasteiger partial charge in [-0.25, -0.2) is 4.39 Å². The van der Waals surface area contributed by atoms with E-state index in [0.717, 1.165) is 5.69 Å². The Labute approximate surface area is 104 Å². The van der Waals surface area contributed by atoms with Crippen LogP contribution < -0.4 is 5.32 Å². The van der Waals surface area contributed by atoms with Gasteiger partial charge in [0.2, 0.25) is 0 Å². The highest BCUT2D eigenvalue weighted by Gasteiger charge is 2.07.